The molecule has 2 aromatic rings. The first-order valence-corrected chi connectivity index (χ1v) is 13.8. The van der Waals surface area contributed by atoms with Crippen LogP contribution in [0.2, 0.25) is 0 Å². The van der Waals surface area contributed by atoms with E-state index in [0.29, 0.717) is 67.4 Å². The van der Waals surface area contributed by atoms with Crippen LogP contribution in [0.15, 0.2) is 47.4 Å². The van der Waals surface area contributed by atoms with Crippen LogP contribution in [0.4, 0.5) is 17.1 Å². The molecule has 2 aromatic carbocycles. The van der Waals surface area contributed by atoms with Crippen molar-refractivity contribution in [1.29, 1.82) is 0 Å². The zero-order chi connectivity index (χ0) is 24.4. The van der Waals surface area contributed by atoms with Gasteiger partial charge in [-0.1, -0.05) is 18.6 Å². The van der Waals surface area contributed by atoms with E-state index in [0.717, 1.165) is 12.3 Å². The van der Waals surface area contributed by atoms with E-state index in [1.165, 1.54) is 26.4 Å². The molecule has 1 amide bonds. The molecular weight excluding hydrogens is 466 g/mol. The zero-order valence-electron chi connectivity index (χ0n) is 20.0. The van der Waals surface area contributed by atoms with Crippen molar-refractivity contribution in [2.45, 2.75) is 37.0 Å². The lowest BCUT2D eigenvalue weighted by atomic mass is 9.86. The molecule has 2 N–H and O–H groups in total. The van der Waals surface area contributed by atoms with Gasteiger partial charge in [0.25, 0.3) is 10.0 Å². The Labute approximate surface area is 207 Å². The summed E-state index contributed by atoms with van der Waals surface area (Å²) in [5.41, 5.74) is 1.42. The fourth-order valence-corrected chi connectivity index (χ4v) is 7.20. The number of para-hydroxylation sites is 2. The lowest BCUT2D eigenvalue weighted by Crippen LogP contribution is -2.37. The molecule has 3 atom stereocenters. The maximum Gasteiger partial charge on any atom is 0.264 e. The van der Waals surface area contributed by atoms with Gasteiger partial charge in [-0.2, -0.15) is 0 Å². The van der Waals surface area contributed by atoms with E-state index < -0.39 is 10.0 Å². The van der Waals surface area contributed by atoms with E-state index >= 15 is 0 Å². The Balaban J connectivity index is 1.40. The van der Waals surface area contributed by atoms with Crippen LogP contribution in [0, 0.1) is 17.8 Å². The number of hydrogen-bond acceptors (Lipinski definition) is 6. The fourth-order valence-electron chi connectivity index (χ4n) is 5.88. The second kappa shape index (κ2) is 10.1. The number of anilines is 3. The highest BCUT2D eigenvalue weighted by atomic mass is 32.2. The van der Waals surface area contributed by atoms with Crippen molar-refractivity contribution in [1.82, 2.24) is 0 Å². The van der Waals surface area contributed by atoms with Crippen LogP contribution in [-0.4, -0.2) is 47.7 Å². The summed E-state index contributed by atoms with van der Waals surface area (Å²) in [4.78, 5) is 15.0. The van der Waals surface area contributed by atoms with E-state index in [1.807, 2.05) is 4.90 Å². The first kappa shape index (κ1) is 23.9. The fraction of sp³-hybridized carbons (Fsp3) is 0.500. The zero-order valence-corrected chi connectivity index (χ0v) is 20.9. The number of morpholine rings is 1. The lowest BCUT2D eigenvalue weighted by Gasteiger charge is -2.30. The van der Waals surface area contributed by atoms with Crippen molar-refractivity contribution >= 4 is 33.0 Å². The Hall–Kier alpha value is -2.78. The second-order valence-electron chi connectivity index (χ2n) is 9.77. The van der Waals surface area contributed by atoms with Gasteiger partial charge in [-0.3, -0.25) is 9.52 Å². The maximum atomic E-state index is 13.6. The van der Waals surface area contributed by atoms with Crippen LogP contribution < -0.4 is 19.7 Å². The highest BCUT2D eigenvalue weighted by Gasteiger charge is 2.40. The number of nitrogens with zero attached hydrogens (tertiary/aromatic N) is 1. The number of amides is 1. The minimum Gasteiger partial charge on any atom is -0.495 e. The van der Waals surface area contributed by atoms with Crippen molar-refractivity contribution < 1.29 is 22.7 Å². The van der Waals surface area contributed by atoms with Gasteiger partial charge in [0.15, 0.2) is 0 Å². The molecule has 0 radical (unpaired) electrons. The predicted octanol–water partition coefficient (Wildman–Crippen LogP) is 4.10. The number of ether oxygens (including phenoxy) is 2. The van der Waals surface area contributed by atoms with Gasteiger partial charge in [0.2, 0.25) is 5.91 Å². The van der Waals surface area contributed by atoms with Crippen LogP contribution in [0.25, 0.3) is 0 Å². The van der Waals surface area contributed by atoms with Crippen molar-refractivity contribution in [2.75, 3.05) is 48.4 Å². The number of methoxy groups -OCH3 is 1. The molecule has 9 heteroatoms. The van der Waals surface area contributed by atoms with Gasteiger partial charge in [0.05, 0.1) is 31.7 Å². The molecule has 0 spiro atoms. The minimum atomic E-state index is -3.98. The third kappa shape index (κ3) is 5.26. The average Bonchev–Trinajstić information content (AvgIpc) is 3.48. The number of rotatable bonds is 8. The highest BCUT2D eigenvalue weighted by molar-refractivity contribution is 7.93. The van der Waals surface area contributed by atoms with Crippen LogP contribution in [0.3, 0.4) is 0 Å². The summed E-state index contributed by atoms with van der Waals surface area (Å²) in [5.74, 6) is 2.26. The number of nitrogens with one attached hydrogen (secondary N) is 2. The number of benzene rings is 2. The van der Waals surface area contributed by atoms with Gasteiger partial charge < -0.3 is 19.7 Å². The van der Waals surface area contributed by atoms with E-state index in [2.05, 4.69) is 10.0 Å². The van der Waals surface area contributed by atoms with Crippen LogP contribution in [0.5, 0.6) is 5.75 Å². The molecule has 1 aliphatic heterocycles. The van der Waals surface area contributed by atoms with E-state index in [-0.39, 0.29) is 10.8 Å². The Morgan fingerprint density at radius 2 is 1.91 bits per heavy atom. The topological polar surface area (TPSA) is 97.0 Å². The van der Waals surface area contributed by atoms with Crippen LogP contribution in [-0.2, 0) is 19.6 Å². The third-order valence-corrected chi connectivity index (χ3v) is 8.96. The molecule has 8 nitrogen and oxygen atoms in total. The van der Waals surface area contributed by atoms with E-state index in [1.54, 1.807) is 42.5 Å². The first-order valence-electron chi connectivity index (χ1n) is 12.4. The molecule has 2 bridgehead atoms. The number of sulfonamides is 1. The summed E-state index contributed by atoms with van der Waals surface area (Å²) in [6.45, 7) is 2.24. The molecule has 1 saturated heterocycles. The van der Waals surface area contributed by atoms with Gasteiger partial charge in [0, 0.05) is 25.2 Å². The smallest absolute Gasteiger partial charge is 0.264 e. The predicted molar refractivity (Wildman–Crippen MR) is 135 cm³/mol. The summed E-state index contributed by atoms with van der Waals surface area (Å²) >= 11 is 0. The van der Waals surface area contributed by atoms with Gasteiger partial charge in [-0.15, -0.1) is 0 Å². The number of fused-ring (bicyclic) bond motifs is 2. The Morgan fingerprint density at radius 3 is 2.63 bits per heavy atom. The Kier molecular flexibility index (Phi) is 6.88. The maximum absolute atomic E-state index is 13.6. The van der Waals surface area contributed by atoms with Crippen molar-refractivity contribution in [2.24, 2.45) is 17.8 Å². The number of carbonyl (C=O) groups is 1. The molecule has 0 aromatic heterocycles. The van der Waals surface area contributed by atoms with Crippen LogP contribution in [0.1, 0.15) is 32.1 Å². The molecule has 3 fully saturated rings. The van der Waals surface area contributed by atoms with E-state index in [9.17, 15) is 13.2 Å². The van der Waals surface area contributed by atoms with Crippen molar-refractivity contribution in [3.05, 3.63) is 42.5 Å². The number of carbonyl (C=O) groups excluding carboxylic acids is 1. The highest BCUT2D eigenvalue weighted by Crippen LogP contribution is 2.49. The molecule has 2 saturated carbocycles. The second-order valence-corrected chi connectivity index (χ2v) is 11.4. The largest absolute Gasteiger partial charge is 0.495 e. The van der Waals surface area contributed by atoms with Crippen molar-refractivity contribution in [3.8, 4) is 5.75 Å². The minimum absolute atomic E-state index is 0.0530. The summed E-state index contributed by atoms with van der Waals surface area (Å²) in [6, 6.07) is 12.0. The summed E-state index contributed by atoms with van der Waals surface area (Å²) < 4.78 is 40.6. The normalized spacial score (nSPS) is 23.8. The lowest BCUT2D eigenvalue weighted by molar-refractivity contribution is -0.117. The van der Waals surface area contributed by atoms with Gasteiger partial charge in [-0.25, -0.2) is 8.42 Å². The van der Waals surface area contributed by atoms with Crippen molar-refractivity contribution in [3.63, 3.8) is 0 Å². The average molecular weight is 500 g/mol. The monoisotopic (exact) mass is 499 g/mol. The summed E-state index contributed by atoms with van der Waals surface area (Å²) in [7, 11) is -2.48. The Morgan fingerprint density at radius 1 is 1.11 bits per heavy atom. The Bertz CT molecular complexity index is 1180. The molecule has 5 rings (SSSR count). The molecular formula is C26H33N3O5S. The SMILES string of the molecule is COc1ccccc1NS(=O)(=O)c1cc(NC(=O)CC2CC3CCC2C3)ccc1N1CCOCC1. The molecule has 188 valence electrons. The van der Waals surface area contributed by atoms with E-state index in [4.69, 9.17) is 9.47 Å². The molecule has 2 aliphatic carbocycles. The molecule has 35 heavy (non-hydrogen) atoms. The van der Waals surface area contributed by atoms with Gasteiger partial charge >= 0.3 is 0 Å². The van der Waals surface area contributed by atoms with Crippen LogP contribution >= 0.6 is 0 Å². The quantitative estimate of drug-likeness (QED) is 0.568. The van der Waals surface area contributed by atoms with Gasteiger partial charge in [0.1, 0.15) is 10.6 Å². The summed E-state index contributed by atoms with van der Waals surface area (Å²) in [5, 5.41) is 2.96. The molecule has 1 heterocycles. The first-order chi connectivity index (χ1) is 16.9. The van der Waals surface area contributed by atoms with Gasteiger partial charge in [-0.05, 0) is 67.3 Å². The number of hydrogen-bond donors (Lipinski definition) is 2. The summed E-state index contributed by atoms with van der Waals surface area (Å²) in [6.07, 6.45) is 5.41. The standard InChI is InChI=1S/C26H33N3O5S/c1-33-24-5-3-2-4-22(24)28-35(31,32)25-17-21(8-9-23(25)29-10-12-34-13-11-29)27-26(30)16-20-15-18-6-7-19(20)14-18/h2-5,8-9,17-20,28H,6-7,10-16H2,1H3,(H,27,30). The molecule has 3 unspecified atom stereocenters. The molecule has 3 aliphatic rings. The third-order valence-electron chi connectivity index (χ3n) is 7.57.